The molecule has 1 fully saturated rings. The van der Waals surface area contributed by atoms with Crippen LogP contribution in [0.2, 0.25) is 0 Å². The summed E-state index contributed by atoms with van der Waals surface area (Å²) in [5.41, 5.74) is 15.5. The zero-order valence-corrected chi connectivity index (χ0v) is 45.4. The first-order valence-electron chi connectivity index (χ1n) is 27.5. The Kier molecular flexibility index (Phi) is 10.7. The highest BCUT2D eigenvalue weighted by Gasteiger charge is 2.34. The van der Waals surface area contributed by atoms with Gasteiger partial charge in [-0.15, -0.1) is 0 Å². The lowest BCUT2D eigenvalue weighted by molar-refractivity contribution is 0.272. The van der Waals surface area contributed by atoms with Crippen LogP contribution in [0, 0.1) is 0 Å². The van der Waals surface area contributed by atoms with Crippen LogP contribution >= 0.6 is 0 Å². The van der Waals surface area contributed by atoms with Crippen molar-refractivity contribution in [2.24, 2.45) is 0 Å². The predicted octanol–water partition coefficient (Wildman–Crippen LogP) is 21.4. The first-order valence-corrected chi connectivity index (χ1v) is 27.5. The molecule has 13 rings (SSSR count). The van der Waals surface area contributed by atoms with Gasteiger partial charge in [-0.3, -0.25) is 0 Å². The average molecular weight is 981 g/mol. The molecule has 75 heavy (non-hydrogen) atoms. The zero-order valence-electron chi connectivity index (χ0n) is 45.4. The molecule has 0 atom stereocenters. The van der Waals surface area contributed by atoms with Gasteiger partial charge in [0.05, 0.1) is 22.7 Å². The Hall–Kier alpha value is -7.56. The van der Waals surface area contributed by atoms with Gasteiger partial charge in [-0.05, 0) is 129 Å². The van der Waals surface area contributed by atoms with E-state index in [1.165, 1.54) is 73.8 Å². The normalized spacial score (nSPS) is 14.3. The molecule has 1 saturated carbocycles. The van der Waals surface area contributed by atoms with Crippen molar-refractivity contribution >= 4 is 110 Å². The Balaban J connectivity index is 1.06. The topological polar surface area (TPSA) is 32.8 Å². The minimum absolute atomic E-state index is 0.00478. The van der Waals surface area contributed by atoms with Gasteiger partial charge < -0.3 is 18.6 Å². The molecule has 374 valence electrons. The number of hydrogen-bond acceptors (Lipinski definition) is 4. The Morgan fingerprint density at radius 1 is 0.413 bits per heavy atom. The van der Waals surface area contributed by atoms with Gasteiger partial charge in [0.1, 0.15) is 11.2 Å². The monoisotopic (exact) mass is 981 g/mol. The summed E-state index contributed by atoms with van der Waals surface area (Å²) in [5, 5.41) is 11.8. The minimum atomic E-state index is -0.0533. The van der Waals surface area contributed by atoms with Crippen molar-refractivity contribution in [2.75, 3.05) is 9.80 Å². The molecular formula is C71H68N2O2. The first-order chi connectivity index (χ1) is 36.1. The number of benzene rings is 10. The van der Waals surface area contributed by atoms with E-state index >= 15 is 0 Å². The van der Waals surface area contributed by atoms with Crippen LogP contribution in [0.1, 0.15) is 124 Å². The van der Waals surface area contributed by atoms with Gasteiger partial charge in [-0.1, -0.05) is 197 Å². The molecule has 0 spiro atoms. The van der Waals surface area contributed by atoms with E-state index in [9.17, 15) is 0 Å². The van der Waals surface area contributed by atoms with Crippen LogP contribution in [0.5, 0.6) is 0 Å². The maximum Gasteiger partial charge on any atom is 0.159 e. The van der Waals surface area contributed by atoms with Crippen LogP contribution in [-0.4, -0.2) is 0 Å². The number of anilines is 6. The van der Waals surface area contributed by atoms with Crippen LogP contribution in [-0.2, 0) is 21.7 Å². The lowest BCUT2D eigenvalue weighted by Crippen LogP contribution is -2.30. The molecule has 0 unspecified atom stereocenters. The summed E-state index contributed by atoms with van der Waals surface area (Å²) in [5.74, 6) is 0. The maximum absolute atomic E-state index is 7.23. The van der Waals surface area contributed by atoms with E-state index in [0.717, 1.165) is 90.8 Å². The van der Waals surface area contributed by atoms with Crippen molar-refractivity contribution in [1.29, 1.82) is 0 Å². The van der Waals surface area contributed by atoms with Crippen LogP contribution < -0.4 is 9.80 Å². The summed E-state index contributed by atoms with van der Waals surface area (Å²) < 4.78 is 14.4. The fourth-order valence-electron chi connectivity index (χ4n) is 12.5. The third kappa shape index (κ3) is 7.30. The second-order valence-electron chi connectivity index (χ2n) is 24.4. The summed E-state index contributed by atoms with van der Waals surface area (Å²) in [6.45, 7) is 23.1. The smallest absolute Gasteiger partial charge is 0.159 e. The van der Waals surface area contributed by atoms with Crippen molar-refractivity contribution in [3.8, 4) is 0 Å². The van der Waals surface area contributed by atoms with Crippen molar-refractivity contribution in [2.45, 2.75) is 123 Å². The van der Waals surface area contributed by atoms with Gasteiger partial charge >= 0.3 is 0 Å². The van der Waals surface area contributed by atoms with Crippen molar-refractivity contribution in [3.05, 3.63) is 192 Å². The van der Waals surface area contributed by atoms with Crippen LogP contribution in [0.4, 0.5) is 34.1 Å². The molecule has 0 N–H and O–H groups in total. The summed E-state index contributed by atoms with van der Waals surface area (Å²) >= 11 is 0. The third-order valence-corrected chi connectivity index (χ3v) is 18.1. The molecule has 0 saturated heterocycles. The highest BCUT2D eigenvalue weighted by Crippen LogP contribution is 2.52. The van der Waals surface area contributed by atoms with Crippen LogP contribution in [0.3, 0.4) is 0 Å². The maximum atomic E-state index is 7.23. The molecule has 4 nitrogen and oxygen atoms in total. The number of furan rings is 2. The quantitative estimate of drug-likeness (QED) is 0.121. The van der Waals surface area contributed by atoms with E-state index in [-0.39, 0.29) is 21.7 Å². The fraction of sp³-hybridized carbons (Fsp3) is 0.268. The standard InChI is InChI=1S/C71H68N2O2/c1-11-69(6,7)56-22-13-18-50-52-20-15-24-60(66(52)74-64(50)56)72(48-34-30-46(31-35-48)68(3,4)5)58-40-28-44-27-39-55-59(41-29-45-26-38-54(58)62(44)63(45)55)73(49-36-32-47(33-37-49)71(10)42-17-43-71)61-25-16-21-53-51-19-14-23-57(70(8,9)12-2)65(51)75-67(53)61/h13-16,18-41H,11-12,17,42-43H2,1-10H3. The van der Waals surface area contributed by atoms with Gasteiger partial charge in [0.25, 0.3) is 0 Å². The molecule has 1 aliphatic carbocycles. The number of nitrogens with zero attached hydrogens (tertiary/aromatic N) is 2. The van der Waals surface area contributed by atoms with E-state index in [4.69, 9.17) is 8.83 Å². The third-order valence-electron chi connectivity index (χ3n) is 18.1. The molecule has 2 aromatic heterocycles. The lowest BCUT2D eigenvalue weighted by Gasteiger charge is -2.39. The average Bonchev–Trinajstić information content (AvgIpc) is 4.03. The fourth-order valence-corrected chi connectivity index (χ4v) is 12.5. The van der Waals surface area contributed by atoms with E-state index < -0.39 is 0 Å². The second kappa shape index (κ2) is 17.0. The molecule has 0 aliphatic heterocycles. The van der Waals surface area contributed by atoms with Gasteiger partial charge in [-0.25, -0.2) is 0 Å². The van der Waals surface area contributed by atoms with Crippen molar-refractivity contribution in [1.82, 2.24) is 0 Å². The number of rotatable bonds is 11. The van der Waals surface area contributed by atoms with Gasteiger partial charge in [0, 0.05) is 54.8 Å². The molecule has 10 aromatic carbocycles. The zero-order chi connectivity index (χ0) is 51.8. The lowest BCUT2D eigenvalue weighted by atomic mass is 9.66. The summed E-state index contributed by atoms with van der Waals surface area (Å²) in [7, 11) is 0. The second-order valence-corrected chi connectivity index (χ2v) is 24.4. The summed E-state index contributed by atoms with van der Waals surface area (Å²) in [4.78, 5) is 4.91. The Morgan fingerprint density at radius 3 is 1.21 bits per heavy atom. The van der Waals surface area contributed by atoms with E-state index in [1.54, 1.807) is 0 Å². The highest BCUT2D eigenvalue weighted by atomic mass is 16.3. The molecule has 0 amide bonds. The highest BCUT2D eigenvalue weighted by molar-refractivity contribution is 6.29. The van der Waals surface area contributed by atoms with Crippen molar-refractivity contribution in [3.63, 3.8) is 0 Å². The SMILES string of the molecule is CCC(C)(C)c1cccc2c1oc1c(N(c3ccc(C(C)(C)C)cc3)c3ccc4ccc5c(N(c6ccc(C7(C)CCC7)cc6)c6cccc7c6oc6c(C(C)(C)CC)cccc67)ccc6ccc3c4c65)cccc12. The summed E-state index contributed by atoms with van der Waals surface area (Å²) in [6, 6.07) is 64.0. The number of fused-ring (bicyclic) bond motifs is 6. The van der Waals surface area contributed by atoms with E-state index in [0.29, 0.717) is 0 Å². The molecule has 0 radical (unpaired) electrons. The molecule has 2 heterocycles. The van der Waals surface area contributed by atoms with Gasteiger partial charge in [-0.2, -0.15) is 0 Å². The van der Waals surface area contributed by atoms with Crippen LogP contribution in [0.25, 0.3) is 76.2 Å². The van der Waals surface area contributed by atoms with Gasteiger partial charge in [0.2, 0.25) is 0 Å². The molecular weight excluding hydrogens is 913 g/mol. The Labute approximate surface area is 441 Å². The Bertz CT molecular complexity index is 4170. The Morgan fingerprint density at radius 2 is 0.813 bits per heavy atom. The number of para-hydroxylation sites is 4. The van der Waals surface area contributed by atoms with E-state index in [1.807, 2.05) is 0 Å². The van der Waals surface area contributed by atoms with Crippen molar-refractivity contribution < 1.29 is 8.83 Å². The van der Waals surface area contributed by atoms with Crippen LogP contribution in [0.15, 0.2) is 179 Å². The summed E-state index contributed by atoms with van der Waals surface area (Å²) in [6.07, 6.45) is 5.76. The molecule has 12 aromatic rings. The largest absolute Gasteiger partial charge is 0.454 e. The molecule has 0 bridgehead atoms. The minimum Gasteiger partial charge on any atom is -0.454 e. The van der Waals surface area contributed by atoms with E-state index in [2.05, 4.69) is 249 Å². The first kappa shape index (κ1) is 47.2. The number of hydrogen-bond donors (Lipinski definition) is 0. The molecule has 4 heteroatoms. The van der Waals surface area contributed by atoms with Gasteiger partial charge in [0.15, 0.2) is 11.2 Å². The predicted molar refractivity (Wildman–Crippen MR) is 321 cm³/mol. The molecule has 1 aliphatic rings.